The fourth-order valence-electron chi connectivity index (χ4n) is 1.48. The smallest absolute Gasteiger partial charge is 0.254 e. The molecule has 82 valence electrons. The zero-order valence-electron chi connectivity index (χ0n) is 9.23. The van der Waals surface area contributed by atoms with E-state index in [4.69, 9.17) is 5.73 Å². The van der Waals surface area contributed by atoms with E-state index in [9.17, 15) is 4.79 Å². The molecular formula is C11H17N3O. The second-order valence-electron chi connectivity index (χ2n) is 3.21. The van der Waals surface area contributed by atoms with Crippen molar-refractivity contribution in [2.45, 2.75) is 20.4 Å². The molecule has 15 heavy (non-hydrogen) atoms. The van der Waals surface area contributed by atoms with Crippen molar-refractivity contribution in [3.8, 4) is 0 Å². The van der Waals surface area contributed by atoms with Crippen LogP contribution in [0.3, 0.4) is 0 Å². The second-order valence-corrected chi connectivity index (χ2v) is 3.21. The Bertz CT molecular complexity index is 334. The van der Waals surface area contributed by atoms with Crippen molar-refractivity contribution in [2.75, 3.05) is 13.1 Å². The average molecular weight is 207 g/mol. The van der Waals surface area contributed by atoms with Crippen LogP contribution in [0, 0.1) is 0 Å². The van der Waals surface area contributed by atoms with E-state index in [2.05, 4.69) is 4.98 Å². The van der Waals surface area contributed by atoms with Crippen LogP contribution >= 0.6 is 0 Å². The van der Waals surface area contributed by atoms with Gasteiger partial charge in [-0.2, -0.15) is 0 Å². The van der Waals surface area contributed by atoms with Crippen LogP contribution < -0.4 is 5.73 Å². The van der Waals surface area contributed by atoms with Gasteiger partial charge >= 0.3 is 0 Å². The molecule has 0 fully saturated rings. The largest absolute Gasteiger partial charge is 0.339 e. The van der Waals surface area contributed by atoms with Gasteiger partial charge in [-0.3, -0.25) is 9.78 Å². The molecule has 1 rings (SSSR count). The fraction of sp³-hybridized carbons (Fsp3) is 0.455. The molecule has 0 atom stereocenters. The predicted molar refractivity (Wildman–Crippen MR) is 59.4 cm³/mol. The van der Waals surface area contributed by atoms with E-state index in [1.165, 1.54) is 0 Å². The van der Waals surface area contributed by atoms with Crippen LogP contribution in [0.25, 0.3) is 0 Å². The molecule has 0 unspecified atom stereocenters. The SMILES string of the molecule is CCN(CC)C(=O)c1ccncc1CN. The van der Waals surface area contributed by atoms with Gasteiger partial charge in [0, 0.05) is 37.6 Å². The number of aromatic nitrogens is 1. The normalized spacial score (nSPS) is 10.1. The van der Waals surface area contributed by atoms with E-state index in [1.54, 1.807) is 23.4 Å². The number of carbonyl (C=O) groups excluding carboxylic acids is 1. The summed E-state index contributed by atoms with van der Waals surface area (Å²) in [5.41, 5.74) is 7.02. The Labute approximate surface area is 90.1 Å². The lowest BCUT2D eigenvalue weighted by Crippen LogP contribution is -2.31. The molecule has 0 radical (unpaired) electrons. The molecule has 0 saturated carbocycles. The molecule has 0 aliphatic heterocycles. The molecule has 4 nitrogen and oxygen atoms in total. The van der Waals surface area contributed by atoms with Crippen LogP contribution in [0.4, 0.5) is 0 Å². The first-order chi connectivity index (χ1) is 7.24. The Hall–Kier alpha value is -1.42. The van der Waals surface area contributed by atoms with Gasteiger partial charge in [-0.05, 0) is 25.5 Å². The molecule has 1 aromatic heterocycles. The van der Waals surface area contributed by atoms with Crippen molar-refractivity contribution in [3.63, 3.8) is 0 Å². The maximum absolute atomic E-state index is 12.0. The van der Waals surface area contributed by atoms with Crippen molar-refractivity contribution < 1.29 is 4.79 Å². The van der Waals surface area contributed by atoms with Crippen molar-refractivity contribution in [1.82, 2.24) is 9.88 Å². The minimum atomic E-state index is 0.0304. The first kappa shape index (κ1) is 11.7. The van der Waals surface area contributed by atoms with Gasteiger partial charge in [0.2, 0.25) is 0 Å². The van der Waals surface area contributed by atoms with Crippen LogP contribution in [0.1, 0.15) is 29.8 Å². The van der Waals surface area contributed by atoms with E-state index in [0.717, 1.165) is 5.56 Å². The third-order valence-electron chi connectivity index (χ3n) is 2.40. The molecule has 0 aliphatic rings. The van der Waals surface area contributed by atoms with Gasteiger partial charge in [0.05, 0.1) is 0 Å². The van der Waals surface area contributed by atoms with E-state index in [0.29, 0.717) is 25.2 Å². The highest BCUT2D eigenvalue weighted by atomic mass is 16.2. The van der Waals surface area contributed by atoms with E-state index in [-0.39, 0.29) is 5.91 Å². The molecule has 0 spiro atoms. The first-order valence-corrected chi connectivity index (χ1v) is 5.16. The number of nitrogens with zero attached hydrogens (tertiary/aromatic N) is 2. The van der Waals surface area contributed by atoms with Gasteiger partial charge in [0.1, 0.15) is 0 Å². The first-order valence-electron chi connectivity index (χ1n) is 5.16. The minimum Gasteiger partial charge on any atom is -0.339 e. The van der Waals surface area contributed by atoms with Crippen molar-refractivity contribution in [1.29, 1.82) is 0 Å². The van der Waals surface area contributed by atoms with E-state index >= 15 is 0 Å². The number of nitrogens with two attached hydrogens (primary N) is 1. The quantitative estimate of drug-likeness (QED) is 0.802. The molecule has 0 bridgehead atoms. The molecule has 2 N–H and O–H groups in total. The highest BCUT2D eigenvalue weighted by Crippen LogP contribution is 2.09. The number of rotatable bonds is 4. The highest BCUT2D eigenvalue weighted by Gasteiger charge is 2.15. The number of hydrogen-bond acceptors (Lipinski definition) is 3. The van der Waals surface area contributed by atoms with Gasteiger partial charge in [-0.25, -0.2) is 0 Å². The van der Waals surface area contributed by atoms with Crippen molar-refractivity contribution in [2.24, 2.45) is 5.73 Å². The lowest BCUT2D eigenvalue weighted by atomic mass is 10.1. The van der Waals surface area contributed by atoms with Crippen molar-refractivity contribution >= 4 is 5.91 Å². The summed E-state index contributed by atoms with van der Waals surface area (Å²) in [4.78, 5) is 17.8. The number of amides is 1. The van der Waals surface area contributed by atoms with Gasteiger partial charge in [-0.1, -0.05) is 0 Å². The lowest BCUT2D eigenvalue weighted by Gasteiger charge is -2.19. The van der Waals surface area contributed by atoms with Crippen LogP contribution in [0.5, 0.6) is 0 Å². The van der Waals surface area contributed by atoms with Gasteiger partial charge in [0.25, 0.3) is 5.91 Å². The zero-order chi connectivity index (χ0) is 11.3. The average Bonchev–Trinajstić information content (AvgIpc) is 2.30. The maximum atomic E-state index is 12.0. The van der Waals surface area contributed by atoms with Crippen LogP contribution in [-0.4, -0.2) is 28.9 Å². The number of carbonyl (C=O) groups is 1. The van der Waals surface area contributed by atoms with Gasteiger partial charge in [0.15, 0.2) is 0 Å². The van der Waals surface area contributed by atoms with Crippen LogP contribution in [0.15, 0.2) is 18.5 Å². The fourth-order valence-corrected chi connectivity index (χ4v) is 1.48. The molecule has 4 heteroatoms. The number of hydrogen-bond donors (Lipinski definition) is 1. The zero-order valence-corrected chi connectivity index (χ0v) is 9.23. The Morgan fingerprint density at radius 1 is 1.47 bits per heavy atom. The summed E-state index contributed by atoms with van der Waals surface area (Å²) in [5.74, 6) is 0.0304. The van der Waals surface area contributed by atoms with E-state index in [1.807, 2.05) is 13.8 Å². The van der Waals surface area contributed by atoms with Crippen molar-refractivity contribution in [3.05, 3.63) is 29.6 Å². The number of pyridine rings is 1. The summed E-state index contributed by atoms with van der Waals surface area (Å²) in [6.45, 7) is 5.69. The Balaban J connectivity index is 2.99. The maximum Gasteiger partial charge on any atom is 0.254 e. The van der Waals surface area contributed by atoms with Crippen LogP contribution in [0.2, 0.25) is 0 Å². The molecule has 1 aromatic rings. The molecule has 0 aromatic carbocycles. The Kier molecular flexibility index (Phi) is 4.24. The third kappa shape index (κ3) is 2.53. The van der Waals surface area contributed by atoms with E-state index < -0.39 is 0 Å². The standard InChI is InChI=1S/C11H17N3O/c1-3-14(4-2)11(15)10-5-6-13-8-9(10)7-12/h5-6,8H,3-4,7,12H2,1-2H3. The second kappa shape index (κ2) is 5.46. The molecule has 1 amide bonds. The summed E-state index contributed by atoms with van der Waals surface area (Å²) in [5, 5.41) is 0. The molecule has 0 aliphatic carbocycles. The summed E-state index contributed by atoms with van der Waals surface area (Å²) < 4.78 is 0. The summed E-state index contributed by atoms with van der Waals surface area (Å²) in [6.07, 6.45) is 3.27. The molecule has 1 heterocycles. The molecular weight excluding hydrogens is 190 g/mol. The lowest BCUT2D eigenvalue weighted by molar-refractivity contribution is 0.0771. The Morgan fingerprint density at radius 2 is 2.13 bits per heavy atom. The summed E-state index contributed by atoms with van der Waals surface area (Å²) in [7, 11) is 0. The topological polar surface area (TPSA) is 59.2 Å². The minimum absolute atomic E-state index is 0.0304. The monoisotopic (exact) mass is 207 g/mol. The van der Waals surface area contributed by atoms with Gasteiger partial charge < -0.3 is 10.6 Å². The van der Waals surface area contributed by atoms with Gasteiger partial charge in [-0.15, -0.1) is 0 Å². The van der Waals surface area contributed by atoms with Crippen LogP contribution in [-0.2, 0) is 6.54 Å². The predicted octanol–water partition coefficient (Wildman–Crippen LogP) is 1.02. The Morgan fingerprint density at radius 3 is 2.67 bits per heavy atom. The highest BCUT2D eigenvalue weighted by molar-refractivity contribution is 5.95. The summed E-state index contributed by atoms with van der Waals surface area (Å²) in [6, 6.07) is 1.73. The third-order valence-corrected chi connectivity index (χ3v) is 2.40. The molecule has 0 saturated heterocycles. The summed E-state index contributed by atoms with van der Waals surface area (Å²) >= 11 is 0.